The van der Waals surface area contributed by atoms with Gasteiger partial charge in [-0.3, -0.25) is 4.79 Å². The van der Waals surface area contributed by atoms with E-state index in [1.165, 1.54) is 11.1 Å². The number of anilines is 1. The second-order valence-corrected chi connectivity index (χ2v) is 5.51. The summed E-state index contributed by atoms with van der Waals surface area (Å²) in [6.45, 7) is 1.86. The highest BCUT2D eigenvalue weighted by atomic mass is 35.5. The number of hydrogen-bond acceptors (Lipinski definition) is 2. The van der Waals surface area contributed by atoms with E-state index in [1.807, 2.05) is 12.1 Å². The van der Waals surface area contributed by atoms with Gasteiger partial charge in [0.2, 0.25) is 0 Å². The van der Waals surface area contributed by atoms with Crippen molar-refractivity contribution in [2.75, 3.05) is 18.0 Å². The summed E-state index contributed by atoms with van der Waals surface area (Å²) in [6.07, 6.45) is 2.91. The van der Waals surface area contributed by atoms with Gasteiger partial charge in [-0.2, -0.15) is 0 Å². The maximum Gasteiger partial charge on any atom is 0.152 e. The van der Waals surface area contributed by atoms with Crippen molar-refractivity contribution in [2.24, 2.45) is 0 Å². The van der Waals surface area contributed by atoms with Crippen LogP contribution in [0, 0.1) is 0 Å². The molecule has 3 heteroatoms. The molecule has 0 atom stereocenters. The van der Waals surface area contributed by atoms with Gasteiger partial charge in [0.25, 0.3) is 0 Å². The maximum atomic E-state index is 11.2. The number of carbonyl (C=O) groups is 1. The number of benzene rings is 2. The number of carbonyl (C=O) groups excluding carboxylic acids is 1. The average molecular weight is 286 g/mol. The zero-order valence-electron chi connectivity index (χ0n) is 11.2. The Balaban J connectivity index is 1.89. The molecule has 1 heterocycles. The lowest BCUT2D eigenvalue weighted by atomic mass is 10.0. The summed E-state index contributed by atoms with van der Waals surface area (Å²) in [4.78, 5) is 13.5. The monoisotopic (exact) mass is 285 g/mol. The molecule has 0 saturated carbocycles. The van der Waals surface area contributed by atoms with Crippen molar-refractivity contribution in [3.63, 3.8) is 0 Å². The number of hydrogen-bond donors (Lipinski definition) is 0. The molecule has 0 unspecified atom stereocenters. The molecule has 2 aromatic carbocycles. The van der Waals surface area contributed by atoms with Gasteiger partial charge in [0.05, 0.1) is 0 Å². The number of rotatable bonds is 2. The molecule has 20 heavy (non-hydrogen) atoms. The zero-order chi connectivity index (χ0) is 13.9. The average Bonchev–Trinajstić information content (AvgIpc) is 2.70. The first-order valence-corrected chi connectivity index (χ1v) is 7.22. The Morgan fingerprint density at radius 2 is 1.65 bits per heavy atom. The summed E-state index contributed by atoms with van der Waals surface area (Å²) in [5.74, 6) is 0. The minimum Gasteiger partial charge on any atom is -0.370 e. The molecule has 0 saturated heterocycles. The molecule has 1 aliphatic heterocycles. The normalized spacial score (nSPS) is 14.6. The fraction of sp³-hybridized carbons (Fsp3) is 0.235. The van der Waals surface area contributed by atoms with Crippen LogP contribution in [0.1, 0.15) is 21.5 Å². The molecule has 0 amide bonds. The molecule has 0 aromatic heterocycles. The Labute approximate surface area is 124 Å². The van der Waals surface area contributed by atoms with E-state index in [0.29, 0.717) is 10.6 Å². The number of aldehydes is 1. The molecule has 102 valence electrons. The highest BCUT2D eigenvalue weighted by Crippen LogP contribution is 2.26. The highest BCUT2D eigenvalue weighted by molar-refractivity contribution is 6.31. The van der Waals surface area contributed by atoms with E-state index in [0.717, 1.165) is 37.9 Å². The first kappa shape index (κ1) is 13.2. The number of fused-ring (bicyclic) bond motifs is 1. The highest BCUT2D eigenvalue weighted by Gasteiger charge is 2.16. The van der Waals surface area contributed by atoms with Gasteiger partial charge in [-0.15, -0.1) is 0 Å². The van der Waals surface area contributed by atoms with Gasteiger partial charge < -0.3 is 4.90 Å². The third-order valence-corrected chi connectivity index (χ3v) is 4.11. The SMILES string of the molecule is O=Cc1cc(Cl)ccc1N1CCc2ccccc2CC1. The number of nitrogens with zero attached hydrogens (tertiary/aromatic N) is 1. The van der Waals surface area contributed by atoms with Gasteiger partial charge in [-0.25, -0.2) is 0 Å². The van der Waals surface area contributed by atoms with Crippen LogP contribution < -0.4 is 4.90 Å². The summed E-state index contributed by atoms with van der Waals surface area (Å²) in [5.41, 5.74) is 4.48. The molecule has 0 aliphatic carbocycles. The molecular formula is C17H16ClNO. The lowest BCUT2D eigenvalue weighted by molar-refractivity contribution is 0.112. The maximum absolute atomic E-state index is 11.2. The summed E-state index contributed by atoms with van der Waals surface area (Å²) in [7, 11) is 0. The first-order chi connectivity index (χ1) is 9.78. The van der Waals surface area contributed by atoms with E-state index >= 15 is 0 Å². The minimum atomic E-state index is 0.606. The molecule has 2 nitrogen and oxygen atoms in total. The smallest absolute Gasteiger partial charge is 0.152 e. The molecule has 2 aromatic rings. The fourth-order valence-electron chi connectivity index (χ4n) is 2.82. The first-order valence-electron chi connectivity index (χ1n) is 6.84. The second kappa shape index (κ2) is 5.68. The van der Waals surface area contributed by atoms with E-state index in [-0.39, 0.29) is 0 Å². The van der Waals surface area contributed by atoms with Crippen LogP contribution >= 0.6 is 11.6 Å². The third-order valence-electron chi connectivity index (χ3n) is 3.88. The molecule has 0 N–H and O–H groups in total. The number of halogens is 1. The van der Waals surface area contributed by atoms with Crippen LogP contribution in [0.3, 0.4) is 0 Å². The van der Waals surface area contributed by atoms with Gasteiger partial charge in [-0.05, 0) is 42.2 Å². The molecule has 0 fully saturated rings. The van der Waals surface area contributed by atoms with Gasteiger partial charge in [0.1, 0.15) is 0 Å². The van der Waals surface area contributed by atoms with Crippen molar-refractivity contribution in [1.82, 2.24) is 0 Å². The predicted octanol–water partition coefficient (Wildman–Crippen LogP) is 3.76. The fourth-order valence-corrected chi connectivity index (χ4v) is 3.00. The van der Waals surface area contributed by atoms with Crippen LogP contribution in [-0.2, 0) is 12.8 Å². The topological polar surface area (TPSA) is 20.3 Å². The minimum absolute atomic E-state index is 0.606. The summed E-state index contributed by atoms with van der Waals surface area (Å²) >= 11 is 5.96. The van der Waals surface area contributed by atoms with Crippen LogP contribution in [0.2, 0.25) is 5.02 Å². The van der Waals surface area contributed by atoms with Crippen molar-refractivity contribution in [3.05, 3.63) is 64.2 Å². The zero-order valence-corrected chi connectivity index (χ0v) is 11.9. The molecule has 0 radical (unpaired) electrons. The van der Waals surface area contributed by atoms with Crippen LogP contribution in [0.5, 0.6) is 0 Å². The van der Waals surface area contributed by atoms with E-state index < -0.39 is 0 Å². The van der Waals surface area contributed by atoms with Crippen molar-refractivity contribution < 1.29 is 4.79 Å². The second-order valence-electron chi connectivity index (χ2n) is 5.08. The summed E-state index contributed by atoms with van der Waals surface area (Å²) < 4.78 is 0. The Morgan fingerprint density at radius 3 is 2.25 bits per heavy atom. The lowest BCUT2D eigenvalue weighted by Crippen LogP contribution is -2.27. The Morgan fingerprint density at radius 1 is 1.00 bits per heavy atom. The van der Waals surface area contributed by atoms with Gasteiger partial charge in [-0.1, -0.05) is 35.9 Å². The van der Waals surface area contributed by atoms with E-state index in [1.54, 1.807) is 6.07 Å². The van der Waals surface area contributed by atoms with Gasteiger partial charge in [0.15, 0.2) is 6.29 Å². The molecular weight excluding hydrogens is 270 g/mol. The van der Waals surface area contributed by atoms with Crippen molar-refractivity contribution >= 4 is 23.6 Å². The summed E-state index contributed by atoms with van der Waals surface area (Å²) in [5, 5.41) is 0.606. The van der Waals surface area contributed by atoms with Gasteiger partial charge in [0, 0.05) is 29.4 Å². The van der Waals surface area contributed by atoms with Crippen LogP contribution in [0.15, 0.2) is 42.5 Å². The van der Waals surface area contributed by atoms with Crippen LogP contribution in [0.4, 0.5) is 5.69 Å². The predicted molar refractivity (Wildman–Crippen MR) is 82.9 cm³/mol. The van der Waals surface area contributed by atoms with E-state index in [9.17, 15) is 4.79 Å². The molecule has 1 aliphatic rings. The largest absolute Gasteiger partial charge is 0.370 e. The molecule has 0 spiro atoms. The standard InChI is InChI=1S/C17H16ClNO/c18-16-5-6-17(15(11-16)12-20)19-9-7-13-3-1-2-4-14(13)8-10-19/h1-6,11-12H,7-10H2. The Kier molecular flexibility index (Phi) is 3.75. The van der Waals surface area contributed by atoms with Crippen LogP contribution in [0.25, 0.3) is 0 Å². The lowest BCUT2D eigenvalue weighted by Gasteiger charge is -2.24. The Bertz CT molecular complexity index is 612. The van der Waals surface area contributed by atoms with Crippen molar-refractivity contribution in [1.29, 1.82) is 0 Å². The van der Waals surface area contributed by atoms with Crippen LogP contribution in [-0.4, -0.2) is 19.4 Å². The summed E-state index contributed by atoms with van der Waals surface area (Å²) in [6, 6.07) is 14.1. The quantitative estimate of drug-likeness (QED) is 0.783. The third kappa shape index (κ3) is 2.56. The van der Waals surface area contributed by atoms with Crippen molar-refractivity contribution in [3.8, 4) is 0 Å². The molecule has 3 rings (SSSR count). The van der Waals surface area contributed by atoms with E-state index in [2.05, 4.69) is 29.2 Å². The molecule has 0 bridgehead atoms. The Hall–Kier alpha value is -1.80. The van der Waals surface area contributed by atoms with Crippen molar-refractivity contribution in [2.45, 2.75) is 12.8 Å². The van der Waals surface area contributed by atoms with Gasteiger partial charge >= 0.3 is 0 Å². The van der Waals surface area contributed by atoms with E-state index in [4.69, 9.17) is 11.6 Å².